The normalized spacial score (nSPS) is 10.8. The van der Waals surface area contributed by atoms with Crippen molar-refractivity contribution in [1.29, 1.82) is 0 Å². The first-order valence-electron chi connectivity index (χ1n) is 8.75. The maximum Gasteiger partial charge on any atom is 0.341 e. The van der Waals surface area contributed by atoms with Crippen LogP contribution in [0, 0.1) is 6.92 Å². The molecule has 0 aliphatic heterocycles. The van der Waals surface area contributed by atoms with E-state index >= 15 is 0 Å². The third-order valence-corrected chi connectivity index (χ3v) is 5.43. The average Bonchev–Trinajstić information content (AvgIpc) is 2.69. The quantitative estimate of drug-likeness (QED) is 0.618. The highest BCUT2D eigenvalue weighted by Crippen LogP contribution is 2.33. The number of carboxylic acids is 1. The number of benzene rings is 1. The molecule has 0 aliphatic rings. The number of pyridine rings is 2. The lowest BCUT2D eigenvalue weighted by atomic mass is 9.97. The maximum absolute atomic E-state index is 13.3. The van der Waals surface area contributed by atoms with Gasteiger partial charge in [-0.15, -0.1) is 0 Å². The number of aromatic nitrogens is 2. The predicted octanol–water partition coefficient (Wildman–Crippen LogP) is 4.92. The third-order valence-electron chi connectivity index (χ3n) is 4.69. The summed E-state index contributed by atoms with van der Waals surface area (Å²) in [4.78, 5) is 29.6. The molecule has 0 saturated carbocycles. The highest BCUT2D eigenvalue weighted by Gasteiger charge is 2.26. The molecule has 2 heterocycles. The Kier molecular flexibility index (Phi) is 5.96. The van der Waals surface area contributed by atoms with Crippen molar-refractivity contribution < 1.29 is 14.6 Å². The van der Waals surface area contributed by atoms with Crippen molar-refractivity contribution in [2.45, 2.75) is 20.4 Å². The minimum absolute atomic E-state index is 0.263. The van der Waals surface area contributed by atoms with E-state index in [0.29, 0.717) is 34.1 Å². The summed E-state index contributed by atoms with van der Waals surface area (Å²) in [6.45, 7) is 4.08. The van der Waals surface area contributed by atoms with E-state index in [1.807, 2.05) is 6.92 Å². The Bertz CT molecular complexity index is 1170. The topological polar surface area (TPSA) is 81.4 Å². The number of nitrogens with zero attached hydrogens (tertiary/aromatic N) is 2. The fourth-order valence-corrected chi connectivity index (χ4v) is 3.68. The van der Waals surface area contributed by atoms with Gasteiger partial charge >= 0.3 is 5.97 Å². The summed E-state index contributed by atoms with van der Waals surface area (Å²) in [5, 5.41) is 10.5. The lowest BCUT2D eigenvalue weighted by molar-refractivity contribution is 0.0695. The van der Waals surface area contributed by atoms with E-state index in [-0.39, 0.29) is 21.8 Å². The van der Waals surface area contributed by atoms with Gasteiger partial charge in [-0.3, -0.25) is 9.78 Å². The fourth-order valence-electron chi connectivity index (χ4n) is 3.38. The molecule has 0 unspecified atom stereocenters. The average molecular weight is 433 g/mol. The van der Waals surface area contributed by atoms with Gasteiger partial charge in [0.05, 0.1) is 34.6 Å². The lowest BCUT2D eigenvalue weighted by Gasteiger charge is -2.21. The van der Waals surface area contributed by atoms with E-state index in [4.69, 9.17) is 27.9 Å². The van der Waals surface area contributed by atoms with Crippen LogP contribution in [-0.2, 0) is 6.54 Å². The number of aromatic carboxylic acids is 1. The smallest absolute Gasteiger partial charge is 0.341 e. The molecule has 6 nitrogen and oxygen atoms in total. The van der Waals surface area contributed by atoms with Crippen LogP contribution in [-0.4, -0.2) is 27.7 Å². The van der Waals surface area contributed by atoms with Crippen LogP contribution in [0.5, 0.6) is 5.75 Å². The van der Waals surface area contributed by atoms with Crippen LogP contribution in [0.25, 0.3) is 22.4 Å². The van der Waals surface area contributed by atoms with Crippen molar-refractivity contribution in [1.82, 2.24) is 9.55 Å². The van der Waals surface area contributed by atoms with Crippen LogP contribution < -0.4 is 10.2 Å². The zero-order chi connectivity index (χ0) is 21.3. The molecular weight excluding hydrogens is 415 g/mol. The van der Waals surface area contributed by atoms with Crippen molar-refractivity contribution in [2.75, 3.05) is 7.11 Å². The molecule has 0 aliphatic carbocycles. The van der Waals surface area contributed by atoms with Gasteiger partial charge in [-0.05, 0) is 32.0 Å². The van der Waals surface area contributed by atoms with Crippen LogP contribution in [0.4, 0.5) is 0 Å². The highest BCUT2D eigenvalue weighted by atomic mass is 35.5. The van der Waals surface area contributed by atoms with Gasteiger partial charge in [-0.1, -0.05) is 29.3 Å². The van der Waals surface area contributed by atoms with Crippen LogP contribution in [0.3, 0.4) is 0 Å². The molecule has 0 radical (unpaired) electrons. The van der Waals surface area contributed by atoms with E-state index in [9.17, 15) is 14.7 Å². The van der Waals surface area contributed by atoms with Gasteiger partial charge < -0.3 is 14.4 Å². The Hall–Kier alpha value is -2.83. The molecule has 29 heavy (non-hydrogen) atoms. The van der Waals surface area contributed by atoms with Crippen molar-refractivity contribution in [3.63, 3.8) is 0 Å². The number of methoxy groups -OCH3 is 1. The van der Waals surface area contributed by atoms with E-state index in [0.717, 1.165) is 0 Å². The number of carbonyl (C=O) groups is 1. The standard InChI is InChI=1S/C21H18Cl2N2O4/c1-4-25-11(2)17(13-7-14(29-3)10-24-9-13)20(26)18(21(27)28)19(25)12-5-6-15(22)16(23)8-12/h5-10H,4H2,1-3H3,(H,27,28). The number of ether oxygens (including phenoxy) is 1. The summed E-state index contributed by atoms with van der Waals surface area (Å²) in [6, 6.07) is 6.43. The number of hydrogen-bond acceptors (Lipinski definition) is 4. The van der Waals surface area contributed by atoms with Crippen LogP contribution >= 0.6 is 23.2 Å². The Balaban J connectivity index is 2.44. The second-order valence-corrected chi connectivity index (χ2v) is 7.12. The lowest BCUT2D eigenvalue weighted by Crippen LogP contribution is -2.25. The van der Waals surface area contributed by atoms with Crippen molar-refractivity contribution in [2.24, 2.45) is 0 Å². The minimum atomic E-state index is -1.32. The highest BCUT2D eigenvalue weighted by molar-refractivity contribution is 6.42. The molecule has 0 bridgehead atoms. The van der Waals surface area contributed by atoms with Crippen molar-refractivity contribution >= 4 is 29.2 Å². The molecule has 0 atom stereocenters. The van der Waals surface area contributed by atoms with E-state index in [1.54, 1.807) is 35.8 Å². The summed E-state index contributed by atoms with van der Waals surface area (Å²) in [6.07, 6.45) is 3.02. The number of rotatable bonds is 5. The van der Waals surface area contributed by atoms with Gasteiger partial charge in [0.1, 0.15) is 11.3 Å². The zero-order valence-electron chi connectivity index (χ0n) is 16.0. The van der Waals surface area contributed by atoms with Crippen LogP contribution in [0.2, 0.25) is 10.0 Å². The molecule has 0 spiro atoms. The first-order chi connectivity index (χ1) is 13.8. The first-order valence-corrected chi connectivity index (χ1v) is 9.51. The number of carboxylic acid groups (broad SMARTS) is 1. The largest absolute Gasteiger partial charge is 0.495 e. The molecule has 150 valence electrons. The van der Waals surface area contributed by atoms with E-state index < -0.39 is 11.4 Å². The summed E-state index contributed by atoms with van der Waals surface area (Å²) in [5.41, 5.74) is 1.19. The maximum atomic E-state index is 13.3. The number of halogens is 2. The Morgan fingerprint density at radius 2 is 1.90 bits per heavy atom. The molecule has 1 N–H and O–H groups in total. The van der Waals surface area contributed by atoms with E-state index in [1.165, 1.54) is 19.5 Å². The molecule has 2 aromatic heterocycles. The monoisotopic (exact) mass is 432 g/mol. The number of hydrogen-bond donors (Lipinski definition) is 1. The van der Waals surface area contributed by atoms with Gasteiger partial charge in [0.25, 0.3) is 0 Å². The first kappa shape index (κ1) is 20.9. The van der Waals surface area contributed by atoms with Gasteiger partial charge in [0.15, 0.2) is 0 Å². The minimum Gasteiger partial charge on any atom is -0.495 e. The summed E-state index contributed by atoms with van der Waals surface area (Å²) < 4.78 is 6.97. The molecule has 1 aromatic carbocycles. The van der Waals surface area contributed by atoms with E-state index in [2.05, 4.69) is 4.98 Å². The summed E-state index contributed by atoms with van der Waals surface area (Å²) >= 11 is 12.1. The Labute approximate surface area is 177 Å². The van der Waals surface area contributed by atoms with Crippen LogP contribution in [0.15, 0.2) is 41.5 Å². The predicted molar refractivity (Wildman–Crippen MR) is 113 cm³/mol. The molecular formula is C21H18Cl2N2O4. The van der Waals surface area contributed by atoms with Gasteiger partial charge in [0, 0.05) is 29.6 Å². The van der Waals surface area contributed by atoms with Crippen molar-refractivity contribution in [3.05, 3.63) is 68.2 Å². The zero-order valence-corrected chi connectivity index (χ0v) is 17.5. The summed E-state index contributed by atoms with van der Waals surface area (Å²) in [5.74, 6) is -0.856. The fraction of sp³-hybridized carbons (Fsp3) is 0.190. The molecule has 8 heteroatoms. The SMILES string of the molecule is CCn1c(C)c(-c2cncc(OC)c2)c(=O)c(C(=O)O)c1-c1ccc(Cl)c(Cl)c1. The Morgan fingerprint density at radius 3 is 2.48 bits per heavy atom. The van der Waals surface area contributed by atoms with Gasteiger partial charge in [0.2, 0.25) is 5.43 Å². The molecule has 0 amide bonds. The molecule has 3 aromatic rings. The summed E-state index contributed by atoms with van der Waals surface area (Å²) in [7, 11) is 1.49. The molecule has 3 rings (SSSR count). The second kappa shape index (κ2) is 8.27. The van der Waals surface area contributed by atoms with Gasteiger partial charge in [-0.25, -0.2) is 4.79 Å². The molecule has 0 fully saturated rings. The van der Waals surface area contributed by atoms with Gasteiger partial charge in [-0.2, -0.15) is 0 Å². The Morgan fingerprint density at radius 1 is 1.17 bits per heavy atom. The second-order valence-electron chi connectivity index (χ2n) is 6.30. The van der Waals surface area contributed by atoms with Crippen molar-refractivity contribution in [3.8, 4) is 28.1 Å². The third kappa shape index (κ3) is 3.73. The molecule has 0 saturated heterocycles. The van der Waals surface area contributed by atoms with Crippen LogP contribution in [0.1, 0.15) is 23.0 Å².